The number of nitrogens with one attached hydrogen (secondary N) is 1. The van der Waals surface area contributed by atoms with Gasteiger partial charge in [-0.2, -0.15) is 4.98 Å². The number of aromatic nitrogens is 2. The van der Waals surface area contributed by atoms with Crippen LogP contribution in [0.3, 0.4) is 0 Å². The van der Waals surface area contributed by atoms with Crippen molar-refractivity contribution in [2.75, 3.05) is 18.5 Å². The summed E-state index contributed by atoms with van der Waals surface area (Å²) >= 11 is 0. The maximum absolute atomic E-state index is 5.68. The van der Waals surface area contributed by atoms with Gasteiger partial charge in [-0.3, -0.25) is 0 Å². The Labute approximate surface area is 121 Å². The highest BCUT2D eigenvalue weighted by atomic mass is 16.5. The third-order valence-corrected chi connectivity index (χ3v) is 3.40. The maximum atomic E-state index is 5.68. The number of hydrogen-bond acceptors (Lipinski definition) is 5. The van der Waals surface area contributed by atoms with Gasteiger partial charge in [0, 0.05) is 18.7 Å². The van der Waals surface area contributed by atoms with Crippen LogP contribution in [0.15, 0.2) is 6.07 Å². The average Bonchev–Trinajstić information content (AvgIpc) is 2.99. The number of anilines is 1. The molecule has 5 nitrogen and oxygen atoms in total. The molecule has 1 aromatic heterocycles. The van der Waals surface area contributed by atoms with E-state index in [4.69, 9.17) is 9.47 Å². The van der Waals surface area contributed by atoms with Crippen molar-refractivity contribution in [3.63, 3.8) is 0 Å². The normalized spacial score (nSPS) is 19.9. The summed E-state index contributed by atoms with van der Waals surface area (Å²) in [4.78, 5) is 9.07. The first kappa shape index (κ1) is 15.0. The molecule has 1 aliphatic rings. The van der Waals surface area contributed by atoms with Crippen molar-refractivity contribution >= 4 is 5.82 Å². The van der Waals surface area contributed by atoms with Crippen molar-refractivity contribution in [3.05, 3.63) is 11.9 Å². The zero-order chi connectivity index (χ0) is 14.4. The Morgan fingerprint density at radius 2 is 2.30 bits per heavy atom. The van der Waals surface area contributed by atoms with Gasteiger partial charge in [0.2, 0.25) is 5.88 Å². The van der Waals surface area contributed by atoms with E-state index in [2.05, 4.69) is 36.1 Å². The molecule has 0 spiro atoms. The number of nitrogens with zero attached hydrogens (tertiary/aromatic N) is 2. The van der Waals surface area contributed by atoms with Crippen LogP contribution in [-0.4, -0.2) is 29.2 Å². The minimum absolute atomic E-state index is 0.0117. The summed E-state index contributed by atoms with van der Waals surface area (Å²) in [5, 5.41) is 3.39. The van der Waals surface area contributed by atoms with Gasteiger partial charge >= 0.3 is 0 Å². The molecule has 1 aromatic rings. The van der Waals surface area contributed by atoms with Gasteiger partial charge in [0.25, 0.3) is 0 Å². The molecule has 2 atom stereocenters. The van der Waals surface area contributed by atoms with E-state index in [1.807, 2.05) is 6.07 Å². The Bertz CT molecular complexity index is 420. The monoisotopic (exact) mass is 279 g/mol. The second-order valence-electron chi connectivity index (χ2n) is 5.25. The Morgan fingerprint density at radius 3 is 2.95 bits per heavy atom. The predicted molar refractivity (Wildman–Crippen MR) is 79.1 cm³/mol. The van der Waals surface area contributed by atoms with Gasteiger partial charge in [-0.15, -0.1) is 0 Å². The lowest BCUT2D eigenvalue weighted by atomic mass is 10.2. The zero-order valence-corrected chi connectivity index (χ0v) is 12.7. The molecule has 2 unspecified atom stereocenters. The maximum Gasteiger partial charge on any atom is 0.218 e. The third kappa shape index (κ3) is 4.07. The van der Waals surface area contributed by atoms with E-state index in [0.29, 0.717) is 18.5 Å². The van der Waals surface area contributed by atoms with E-state index < -0.39 is 0 Å². The summed E-state index contributed by atoms with van der Waals surface area (Å²) in [7, 11) is 0. The van der Waals surface area contributed by atoms with Crippen LogP contribution in [-0.2, 0) is 4.74 Å². The lowest BCUT2D eigenvalue weighted by molar-refractivity contribution is 0.104. The van der Waals surface area contributed by atoms with E-state index in [9.17, 15) is 0 Å². The number of rotatable bonds is 7. The van der Waals surface area contributed by atoms with Crippen LogP contribution < -0.4 is 10.1 Å². The van der Waals surface area contributed by atoms with Crippen LogP contribution in [0.4, 0.5) is 5.82 Å². The Morgan fingerprint density at radius 1 is 1.45 bits per heavy atom. The molecule has 0 aliphatic carbocycles. The first-order chi connectivity index (χ1) is 9.72. The molecule has 2 rings (SSSR count). The summed E-state index contributed by atoms with van der Waals surface area (Å²) in [6.45, 7) is 7.84. The largest absolute Gasteiger partial charge is 0.478 e. The van der Waals surface area contributed by atoms with Crippen LogP contribution in [0.1, 0.15) is 58.4 Å². The molecule has 1 aliphatic heterocycles. The second kappa shape index (κ2) is 7.43. The van der Waals surface area contributed by atoms with Crippen molar-refractivity contribution in [1.29, 1.82) is 0 Å². The van der Waals surface area contributed by atoms with E-state index in [1.165, 1.54) is 0 Å². The Hall–Kier alpha value is -1.36. The molecule has 112 valence electrons. The highest BCUT2D eigenvalue weighted by Crippen LogP contribution is 2.28. The van der Waals surface area contributed by atoms with Gasteiger partial charge in [0.1, 0.15) is 11.9 Å². The van der Waals surface area contributed by atoms with Crippen molar-refractivity contribution in [3.8, 4) is 5.88 Å². The van der Waals surface area contributed by atoms with Gasteiger partial charge in [-0.05, 0) is 32.6 Å². The molecular weight excluding hydrogens is 254 g/mol. The van der Waals surface area contributed by atoms with Crippen molar-refractivity contribution in [1.82, 2.24) is 9.97 Å². The Kier molecular flexibility index (Phi) is 5.59. The fraction of sp³-hybridized carbons (Fsp3) is 0.733. The molecule has 0 aromatic carbocycles. The predicted octanol–water partition coefficient (Wildman–Crippen LogP) is 3.33. The lowest BCUT2D eigenvalue weighted by Gasteiger charge is -2.16. The summed E-state index contributed by atoms with van der Waals surface area (Å²) in [6.07, 6.45) is 4.08. The molecule has 1 saturated heterocycles. The standard InChI is InChI=1S/C15H25N3O2/c1-4-8-20-14-10-13(16-11(3)5-2)17-15(18-14)12-7-6-9-19-12/h10-12H,4-9H2,1-3H3,(H,16,17,18). The van der Waals surface area contributed by atoms with Gasteiger partial charge in [-0.1, -0.05) is 13.8 Å². The molecule has 0 amide bonds. The number of ether oxygens (including phenoxy) is 2. The second-order valence-corrected chi connectivity index (χ2v) is 5.25. The smallest absolute Gasteiger partial charge is 0.218 e. The number of hydrogen-bond donors (Lipinski definition) is 1. The molecule has 0 radical (unpaired) electrons. The third-order valence-electron chi connectivity index (χ3n) is 3.40. The van der Waals surface area contributed by atoms with Crippen molar-refractivity contribution in [2.24, 2.45) is 0 Å². The van der Waals surface area contributed by atoms with Gasteiger partial charge in [-0.25, -0.2) is 4.98 Å². The Balaban J connectivity index is 2.18. The van der Waals surface area contributed by atoms with E-state index >= 15 is 0 Å². The lowest BCUT2D eigenvalue weighted by Crippen LogP contribution is -2.16. The van der Waals surface area contributed by atoms with E-state index in [1.54, 1.807) is 0 Å². The fourth-order valence-corrected chi connectivity index (χ4v) is 2.08. The van der Waals surface area contributed by atoms with Crippen LogP contribution in [0, 0.1) is 0 Å². The van der Waals surface area contributed by atoms with Crippen LogP contribution in [0.5, 0.6) is 5.88 Å². The molecular formula is C15H25N3O2. The van der Waals surface area contributed by atoms with Crippen LogP contribution >= 0.6 is 0 Å². The summed E-state index contributed by atoms with van der Waals surface area (Å²) < 4.78 is 11.3. The van der Waals surface area contributed by atoms with Crippen molar-refractivity contribution < 1.29 is 9.47 Å². The van der Waals surface area contributed by atoms with Gasteiger partial charge < -0.3 is 14.8 Å². The molecule has 2 heterocycles. The topological polar surface area (TPSA) is 56.3 Å². The first-order valence-electron chi connectivity index (χ1n) is 7.62. The fourth-order valence-electron chi connectivity index (χ4n) is 2.08. The van der Waals surface area contributed by atoms with Crippen LogP contribution in [0.2, 0.25) is 0 Å². The summed E-state index contributed by atoms with van der Waals surface area (Å²) in [5.41, 5.74) is 0. The van der Waals surface area contributed by atoms with Crippen molar-refractivity contribution in [2.45, 2.75) is 58.6 Å². The molecule has 5 heteroatoms. The van der Waals surface area contributed by atoms with E-state index in [-0.39, 0.29) is 6.10 Å². The quantitative estimate of drug-likeness (QED) is 0.829. The molecule has 1 fully saturated rings. The average molecular weight is 279 g/mol. The van der Waals surface area contributed by atoms with Gasteiger partial charge in [0.05, 0.1) is 6.61 Å². The first-order valence-corrected chi connectivity index (χ1v) is 7.62. The van der Waals surface area contributed by atoms with Crippen LogP contribution in [0.25, 0.3) is 0 Å². The van der Waals surface area contributed by atoms with E-state index in [0.717, 1.165) is 43.9 Å². The van der Waals surface area contributed by atoms with Gasteiger partial charge in [0.15, 0.2) is 5.82 Å². The minimum atomic E-state index is 0.0117. The highest BCUT2D eigenvalue weighted by molar-refractivity contribution is 5.39. The summed E-state index contributed by atoms with van der Waals surface area (Å²) in [6, 6.07) is 2.25. The summed E-state index contributed by atoms with van der Waals surface area (Å²) in [5.74, 6) is 2.20. The SMILES string of the molecule is CCCOc1cc(NC(C)CC)nc(C2CCCO2)n1. The zero-order valence-electron chi connectivity index (χ0n) is 12.7. The molecule has 0 saturated carbocycles. The highest BCUT2D eigenvalue weighted by Gasteiger charge is 2.22. The minimum Gasteiger partial charge on any atom is -0.478 e. The molecule has 1 N–H and O–H groups in total. The molecule has 20 heavy (non-hydrogen) atoms. The molecule has 0 bridgehead atoms.